The number of nitrogens with zero attached hydrogens (tertiary/aromatic N) is 4. The predicted octanol–water partition coefficient (Wildman–Crippen LogP) is 2.00. The number of carbonyl (C=O) groups excluding carboxylic acids is 1. The average Bonchev–Trinajstić information content (AvgIpc) is 3.27. The van der Waals surface area contributed by atoms with Crippen molar-refractivity contribution in [3.63, 3.8) is 0 Å². The molecule has 0 spiro atoms. The fraction of sp³-hybridized carbons (Fsp3) is 0.211. The molecule has 6 heteroatoms. The molecule has 0 saturated carbocycles. The summed E-state index contributed by atoms with van der Waals surface area (Å²) in [5, 5.41) is 7.61. The van der Waals surface area contributed by atoms with E-state index in [2.05, 4.69) is 32.4 Å². The summed E-state index contributed by atoms with van der Waals surface area (Å²) < 4.78 is 1.87. The Hall–Kier alpha value is -2.99. The standard InChI is InChI=1S/C19H17N5O/c25-19-17-15-4-2-1-3-13(15)8-12-23(17)18(22-19)16-7-11-21-24(16)14-5-9-20-10-6-14/h1-7,9-11,17-18H,8,12H2,(H,22,25). The fourth-order valence-electron chi connectivity index (χ4n) is 3.92. The molecular weight excluding hydrogens is 314 g/mol. The van der Waals surface area contributed by atoms with Crippen LogP contribution in [0.25, 0.3) is 5.69 Å². The monoisotopic (exact) mass is 331 g/mol. The Bertz CT molecular complexity index is 936. The molecular formula is C19H17N5O. The third-order valence-electron chi connectivity index (χ3n) is 5.04. The molecule has 2 aromatic heterocycles. The van der Waals surface area contributed by atoms with Crippen LogP contribution in [0.1, 0.15) is 29.0 Å². The molecule has 0 aliphatic carbocycles. The normalized spacial score (nSPS) is 22.3. The lowest BCUT2D eigenvalue weighted by molar-refractivity contribution is -0.121. The Labute approximate surface area is 145 Å². The summed E-state index contributed by atoms with van der Waals surface area (Å²) in [6.07, 6.45) is 6.03. The van der Waals surface area contributed by atoms with E-state index in [0.717, 1.165) is 29.9 Å². The third-order valence-corrected chi connectivity index (χ3v) is 5.04. The number of aromatic nitrogens is 3. The van der Waals surface area contributed by atoms with Gasteiger partial charge in [-0.15, -0.1) is 0 Å². The Balaban J connectivity index is 1.56. The number of fused-ring (bicyclic) bond motifs is 3. The van der Waals surface area contributed by atoms with Gasteiger partial charge in [-0.2, -0.15) is 5.10 Å². The van der Waals surface area contributed by atoms with E-state index in [-0.39, 0.29) is 18.1 Å². The number of hydrogen-bond acceptors (Lipinski definition) is 4. The first-order chi connectivity index (χ1) is 12.3. The minimum Gasteiger partial charge on any atom is -0.333 e. The van der Waals surface area contributed by atoms with Crippen LogP contribution in [0.15, 0.2) is 61.1 Å². The molecule has 1 amide bonds. The lowest BCUT2D eigenvalue weighted by Crippen LogP contribution is -2.35. The number of amides is 1. The summed E-state index contributed by atoms with van der Waals surface area (Å²) in [7, 11) is 0. The minimum atomic E-state index is -0.226. The van der Waals surface area contributed by atoms with Crippen molar-refractivity contribution in [2.24, 2.45) is 0 Å². The second kappa shape index (κ2) is 5.53. The second-order valence-corrected chi connectivity index (χ2v) is 6.37. The van der Waals surface area contributed by atoms with Crippen LogP contribution in [0.3, 0.4) is 0 Å². The Morgan fingerprint density at radius 1 is 1.04 bits per heavy atom. The van der Waals surface area contributed by atoms with Gasteiger partial charge in [-0.1, -0.05) is 24.3 Å². The highest BCUT2D eigenvalue weighted by molar-refractivity contribution is 5.86. The maximum atomic E-state index is 12.7. The van der Waals surface area contributed by atoms with Gasteiger partial charge in [0.15, 0.2) is 0 Å². The van der Waals surface area contributed by atoms with Crippen molar-refractivity contribution in [2.75, 3.05) is 6.54 Å². The van der Waals surface area contributed by atoms with Crippen molar-refractivity contribution < 1.29 is 4.79 Å². The van der Waals surface area contributed by atoms with Gasteiger partial charge in [-0.3, -0.25) is 14.7 Å². The van der Waals surface area contributed by atoms with Crippen molar-refractivity contribution in [2.45, 2.75) is 18.6 Å². The van der Waals surface area contributed by atoms with Crippen molar-refractivity contribution >= 4 is 5.91 Å². The zero-order valence-electron chi connectivity index (χ0n) is 13.5. The van der Waals surface area contributed by atoms with Crippen LogP contribution in [0.5, 0.6) is 0 Å². The highest BCUT2D eigenvalue weighted by Crippen LogP contribution is 2.40. The van der Waals surface area contributed by atoms with Crippen molar-refractivity contribution in [1.29, 1.82) is 0 Å². The zero-order valence-corrected chi connectivity index (χ0v) is 13.5. The van der Waals surface area contributed by atoms with Crippen LogP contribution < -0.4 is 5.32 Å². The van der Waals surface area contributed by atoms with E-state index in [4.69, 9.17) is 0 Å². The number of benzene rings is 1. The topological polar surface area (TPSA) is 63.1 Å². The molecule has 124 valence electrons. The Kier molecular flexibility index (Phi) is 3.18. The summed E-state index contributed by atoms with van der Waals surface area (Å²) in [5.41, 5.74) is 4.28. The highest BCUT2D eigenvalue weighted by Gasteiger charge is 2.45. The molecule has 5 rings (SSSR count). The summed E-state index contributed by atoms with van der Waals surface area (Å²) in [4.78, 5) is 19.0. The smallest absolute Gasteiger partial charge is 0.243 e. The van der Waals surface area contributed by atoms with Gasteiger partial charge in [-0.25, -0.2) is 4.68 Å². The first-order valence-corrected chi connectivity index (χ1v) is 8.41. The first kappa shape index (κ1) is 14.4. The van der Waals surface area contributed by atoms with E-state index in [1.807, 2.05) is 35.0 Å². The maximum absolute atomic E-state index is 12.7. The highest BCUT2D eigenvalue weighted by atomic mass is 16.2. The van der Waals surface area contributed by atoms with Gasteiger partial charge in [0, 0.05) is 25.1 Å². The molecule has 3 aromatic rings. The Morgan fingerprint density at radius 3 is 2.76 bits per heavy atom. The molecule has 1 aromatic carbocycles. The van der Waals surface area contributed by atoms with Gasteiger partial charge >= 0.3 is 0 Å². The fourth-order valence-corrected chi connectivity index (χ4v) is 3.92. The molecule has 0 radical (unpaired) electrons. The summed E-state index contributed by atoms with van der Waals surface area (Å²) >= 11 is 0. The SMILES string of the molecule is O=C1NC(c2ccnn2-c2ccncc2)N2CCc3ccccc3C12. The van der Waals surface area contributed by atoms with E-state index < -0.39 is 0 Å². The van der Waals surface area contributed by atoms with Crippen molar-refractivity contribution in [1.82, 2.24) is 25.0 Å². The number of carbonyl (C=O) groups is 1. The van der Waals surface area contributed by atoms with Gasteiger partial charge in [0.2, 0.25) is 5.91 Å². The molecule has 6 nitrogen and oxygen atoms in total. The molecule has 0 bridgehead atoms. The van der Waals surface area contributed by atoms with E-state index in [1.54, 1.807) is 18.6 Å². The zero-order chi connectivity index (χ0) is 16.8. The van der Waals surface area contributed by atoms with Crippen molar-refractivity contribution in [3.05, 3.63) is 77.9 Å². The first-order valence-electron chi connectivity index (χ1n) is 8.41. The number of hydrogen-bond donors (Lipinski definition) is 1. The minimum absolute atomic E-state index is 0.0552. The van der Waals surface area contributed by atoms with Crippen LogP contribution in [-0.2, 0) is 11.2 Å². The average molecular weight is 331 g/mol. The van der Waals surface area contributed by atoms with Gasteiger partial charge in [-0.05, 0) is 35.7 Å². The summed E-state index contributed by atoms with van der Waals surface area (Å²) in [6.45, 7) is 0.840. The lowest BCUT2D eigenvalue weighted by atomic mass is 9.93. The molecule has 25 heavy (non-hydrogen) atoms. The van der Waals surface area contributed by atoms with Gasteiger partial charge in [0.05, 0.1) is 11.4 Å². The quantitative estimate of drug-likeness (QED) is 0.780. The van der Waals surface area contributed by atoms with Gasteiger partial charge in [0.25, 0.3) is 0 Å². The van der Waals surface area contributed by atoms with Crippen molar-refractivity contribution in [3.8, 4) is 5.69 Å². The van der Waals surface area contributed by atoms with E-state index in [0.29, 0.717) is 0 Å². The number of nitrogens with one attached hydrogen (secondary N) is 1. The van der Waals surface area contributed by atoms with E-state index >= 15 is 0 Å². The van der Waals surface area contributed by atoms with E-state index in [9.17, 15) is 4.79 Å². The summed E-state index contributed by atoms with van der Waals surface area (Å²) in [5.74, 6) is 0.0552. The predicted molar refractivity (Wildman–Crippen MR) is 91.8 cm³/mol. The third kappa shape index (κ3) is 2.18. The van der Waals surface area contributed by atoms with Crippen LogP contribution in [-0.4, -0.2) is 32.1 Å². The van der Waals surface area contributed by atoms with Crippen LogP contribution in [0, 0.1) is 0 Å². The lowest BCUT2D eigenvalue weighted by Gasteiger charge is -2.33. The van der Waals surface area contributed by atoms with Gasteiger partial charge < -0.3 is 5.32 Å². The van der Waals surface area contributed by atoms with E-state index in [1.165, 1.54) is 5.56 Å². The molecule has 2 atom stereocenters. The molecule has 1 fully saturated rings. The largest absolute Gasteiger partial charge is 0.333 e. The van der Waals surface area contributed by atoms with Crippen LogP contribution in [0.4, 0.5) is 0 Å². The molecule has 2 unspecified atom stereocenters. The number of pyridine rings is 1. The number of rotatable bonds is 2. The molecule has 4 heterocycles. The molecule has 2 aliphatic heterocycles. The summed E-state index contributed by atoms with van der Waals surface area (Å²) in [6, 6.07) is 13.8. The Morgan fingerprint density at radius 2 is 1.88 bits per heavy atom. The maximum Gasteiger partial charge on any atom is 0.243 e. The molecule has 1 N–H and O–H groups in total. The van der Waals surface area contributed by atoms with Crippen LogP contribution >= 0.6 is 0 Å². The second-order valence-electron chi connectivity index (χ2n) is 6.37. The molecule has 2 aliphatic rings. The van der Waals surface area contributed by atoms with Crippen LogP contribution in [0.2, 0.25) is 0 Å². The van der Waals surface area contributed by atoms with Gasteiger partial charge in [0.1, 0.15) is 12.2 Å². The molecule has 1 saturated heterocycles.